The molecule has 1 aromatic rings. The van der Waals surface area contributed by atoms with E-state index in [4.69, 9.17) is 0 Å². The van der Waals surface area contributed by atoms with Crippen LogP contribution in [0.4, 0.5) is 5.95 Å². The summed E-state index contributed by atoms with van der Waals surface area (Å²) in [5.41, 5.74) is 1.94. The predicted molar refractivity (Wildman–Crippen MR) is 98.5 cm³/mol. The van der Waals surface area contributed by atoms with E-state index in [1.165, 1.54) is 0 Å². The van der Waals surface area contributed by atoms with Crippen molar-refractivity contribution in [3.8, 4) is 0 Å². The van der Waals surface area contributed by atoms with Gasteiger partial charge in [0.25, 0.3) is 0 Å². The molecule has 1 aromatic heterocycles. The molecule has 0 aliphatic carbocycles. The van der Waals surface area contributed by atoms with Gasteiger partial charge >= 0.3 is 0 Å². The van der Waals surface area contributed by atoms with Gasteiger partial charge in [0.1, 0.15) is 0 Å². The highest BCUT2D eigenvalue weighted by Gasteiger charge is 2.27. The summed E-state index contributed by atoms with van der Waals surface area (Å²) in [5.74, 6) is 1.78. The molecule has 0 bridgehead atoms. The number of piperidine rings is 1. The zero-order valence-corrected chi connectivity index (χ0v) is 15.6. The standard InChI is InChI=1S/C17H28N4O2S/c1-12-10-13(2)19-17(18-12)21-7-4-14(5-8-21)16(23)20-15(11-22)6-9-24-3/h10,14-15,22H,4-9,11H2,1-3H3,(H,20,23). The van der Waals surface area contributed by atoms with Gasteiger partial charge in [0.05, 0.1) is 12.6 Å². The van der Waals surface area contributed by atoms with Crippen molar-refractivity contribution in [2.45, 2.75) is 39.2 Å². The Hall–Kier alpha value is -1.34. The molecule has 0 saturated carbocycles. The summed E-state index contributed by atoms with van der Waals surface area (Å²) >= 11 is 1.73. The first-order valence-electron chi connectivity index (χ1n) is 8.51. The highest BCUT2D eigenvalue weighted by molar-refractivity contribution is 7.98. The van der Waals surface area contributed by atoms with Crippen molar-refractivity contribution < 1.29 is 9.90 Å². The van der Waals surface area contributed by atoms with E-state index in [9.17, 15) is 9.90 Å². The average molecular weight is 353 g/mol. The highest BCUT2D eigenvalue weighted by Crippen LogP contribution is 2.21. The zero-order chi connectivity index (χ0) is 17.5. The number of rotatable bonds is 7. The van der Waals surface area contributed by atoms with Crippen LogP contribution in [0.5, 0.6) is 0 Å². The van der Waals surface area contributed by atoms with E-state index in [1.807, 2.05) is 26.2 Å². The topological polar surface area (TPSA) is 78.4 Å². The summed E-state index contributed by atoms with van der Waals surface area (Å²) in [5, 5.41) is 12.4. The number of aryl methyl sites for hydroxylation is 2. The van der Waals surface area contributed by atoms with Gasteiger partial charge in [0.2, 0.25) is 11.9 Å². The number of thioether (sulfide) groups is 1. The molecule has 1 fully saturated rings. The summed E-state index contributed by atoms with van der Waals surface area (Å²) < 4.78 is 0. The molecule has 1 aliphatic rings. The molecular formula is C17H28N4O2S. The van der Waals surface area contributed by atoms with Gasteiger partial charge in [-0.15, -0.1) is 0 Å². The van der Waals surface area contributed by atoms with Crippen LogP contribution in [-0.4, -0.2) is 58.7 Å². The van der Waals surface area contributed by atoms with E-state index in [0.29, 0.717) is 0 Å². The van der Waals surface area contributed by atoms with Gasteiger partial charge in [-0.1, -0.05) is 0 Å². The Morgan fingerprint density at radius 3 is 2.54 bits per heavy atom. The molecule has 0 spiro atoms. The number of amides is 1. The van der Waals surface area contributed by atoms with Gasteiger partial charge in [0.15, 0.2) is 0 Å². The Bertz CT molecular complexity index is 527. The third-order valence-corrected chi connectivity index (χ3v) is 5.00. The van der Waals surface area contributed by atoms with Crippen LogP contribution in [0.3, 0.4) is 0 Å². The van der Waals surface area contributed by atoms with Crippen LogP contribution in [0, 0.1) is 19.8 Å². The summed E-state index contributed by atoms with van der Waals surface area (Å²) in [7, 11) is 0. The lowest BCUT2D eigenvalue weighted by molar-refractivity contribution is -0.126. The van der Waals surface area contributed by atoms with Crippen molar-refractivity contribution in [2.75, 3.05) is 36.6 Å². The van der Waals surface area contributed by atoms with Crippen LogP contribution >= 0.6 is 11.8 Å². The maximum absolute atomic E-state index is 12.4. The molecule has 134 valence electrons. The van der Waals surface area contributed by atoms with Gasteiger partial charge < -0.3 is 15.3 Å². The molecule has 7 heteroatoms. The normalized spacial score (nSPS) is 16.9. The summed E-state index contributed by atoms with van der Waals surface area (Å²) in [6, 6.07) is 1.83. The first kappa shape index (κ1) is 19.0. The van der Waals surface area contributed by atoms with Crippen molar-refractivity contribution in [3.05, 3.63) is 17.5 Å². The van der Waals surface area contributed by atoms with E-state index in [2.05, 4.69) is 20.2 Å². The van der Waals surface area contributed by atoms with Crippen LogP contribution in [0.25, 0.3) is 0 Å². The number of carbonyl (C=O) groups is 1. The Kier molecular flexibility index (Phi) is 7.30. The van der Waals surface area contributed by atoms with E-state index in [0.717, 1.165) is 55.4 Å². The van der Waals surface area contributed by atoms with Crippen molar-refractivity contribution in [1.29, 1.82) is 0 Å². The molecule has 1 amide bonds. The second-order valence-electron chi connectivity index (χ2n) is 6.38. The molecule has 1 unspecified atom stereocenters. The number of aliphatic hydroxyl groups excluding tert-OH is 1. The summed E-state index contributed by atoms with van der Waals surface area (Å²) in [4.78, 5) is 23.6. The quantitative estimate of drug-likeness (QED) is 0.775. The van der Waals surface area contributed by atoms with Gasteiger partial charge in [-0.2, -0.15) is 11.8 Å². The third kappa shape index (κ3) is 5.34. The predicted octanol–water partition coefficient (Wildman–Crippen LogP) is 1.54. The largest absolute Gasteiger partial charge is 0.394 e. The fourth-order valence-electron chi connectivity index (χ4n) is 2.98. The fourth-order valence-corrected chi connectivity index (χ4v) is 3.50. The number of aliphatic hydroxyl groups is 1. The van der Waals surface area contributed by atoms with Crippen LogP contribution in [0.1, 0.15) is 30.7 Å². The number of anilines is 1. The minimum absolute atomic E-state index is 0.00154. The monoisotopic (exact) mass is 352 g/mol. The average Bonchev–Trinajstić information content (AvgIpc) is 2.57. The molecule has 1 atom stereocenters. The molecular weight excluding hydrogens is 324 g/mol. The first-order valence-corrected chi connectivity index (χ1v) is 9.90. The molecule has 2 heterocycles. The highest BCUT2D eigenvalue weighted by atomic mass is 32.2. The van der Waals surface area contributed by atoms with Crippen LogP contribution in [-0.2, 0) is 4.79 Å². The van der Waals surface area contributed by atoms with Crippen LogP contribution in [0.2, 0.25) is 0 Å². The fraction of sp³-hybridized carbons (Fsp3) is 0.706. The van der Waals surface area contributed by atoms with Crippen LogP contribution < -0.4 is 10.2 Å². The molecule has 24 heavy (non-hydrogen) atoms. The smallest absolute Gasteiger partial charge is 0.225 e. The van der Waals surface area contributed by atoms with Crippen molar-refractivity contribution in [2.24, 2.45) is 5.92 Å². The Morgan fingerprint density at radius 2 is 2.00 bits per heavy atom. The van der Waals surface area contributed by atoms with Crippen molar-refractivity contribution in [1.82, 2.24) is 15.3 Å². The molecule has 0 radical (unpaired) electrons. The van der Waals surface area contributed by atoms with E-state index >= 15 is 0 Å². The van der Waals surface area contributed by atoms with Crippen LogP contribution in [0.15, 0.2) is 6.07 Å². The molecule has 1 aliphatic heterocycles. The maximum Gasteiger partial charge on any atom is 0.225 e. The Labute approximate surface area is 148 Å². The number of hydrogen-bond acceptors (Lipinski definition) is 6. The zero-order valence-electron chi connectivity index (χ0n) is 14.8. The molecule has 6 nitrogen and oxygen atoms in total. The lowest BCUT2D eigenvalue weighted by Crippen LogP contribution is -2.45. The lowest BCUT2D eigenvalue weighted by atomic mass is 9.95. The second-order valence-corrected chi connectivity index (χ2v) is 7.37. The number of carbonyl (C=O) groups excluding carboxylic acids is 1. The summed E-state index contributed by atoms with van der Waals surface area (Å²) in [6.07, 6.45) is 4.42. The van der Waals surface area contributed by atoms with E-state index < -0.39 is 0 Å². The number of hydrogen-bond donors (Lipinski definition) is 2. The molecule has 0 aromatic carbocycles. The first-order chi connectivity index (χ1) is 11.5. The Morgan fingerprint density at radius 1 is 1.38 bits per heavy atom. The number of nitrogens with zero attached hydrogens (tertiary/aromatic N) is 3. The number of aromatic nitrogens is 2. The lowest BCUT2D eigenvalue weighted by Gasteiger charge is -2.32. The van der Waals surface area contributed by atoms with Crippen molar-refractivity contribution in [3.63, 3.8) is 0 Å². The molecule has 2 N–H and O–H groups in total. The van der Waals surface area contributed by atoms with E-state index in [1.54, 1.807) is 11.8 Å². The van der Waals surface area contributed by atoms with Gasteiger partial charge in [-0.3, -0.25) is 4.79 Å². The second kappa shape index (κ2) is 9.22. The van der Waals surface area contributed by atoms with Crippen molar-refractivity contribution >= 4 is 23.6 Å². The SMILES string of the molecule is CSCCC(CO)NC(=O)C1CCN(c2nc(C)cc(C)n2)CC1. The molecule has 1 saturated heterocycles. The van der Waals surface area contributed by atoms with Gasteiger partial charge in [0, 0.05) is 30.4 Å². The summed E-state index contributed by atoms with van der Waals surface area (Å²) in [6.45, 7) is 5.52. The van der Waals surface area contributed by atoms with E-state index in [-0.39, 0.29) is 24.5 Å². The minimum atomic E-state index is -0.134. The van der Waals surface area contributed by atoms with Gasteiger partial charge in [-0.25, -0.2) is 9.97 Å². The Balaban J connectivity index is 1.86. The number of nitrogens with one attached hydrogen (secondary N) is 1. The minimum Gasteiger partial charge on any atom is -0.394 e. The molecule has 2 rings (SSSR count). The third-order valence-electron chi connectivity index (χ3n) is 4.36. The maximum atomic E-state index is 12.4. The van der Waals surface area contributed by atoms with Gasteiger partial charge in [-0.05, 0) is 51.2 Å².